The first-order valence-corrected chi connectivity index (χ1v) is 12.4. The van der Waals surface area contributed by atoms with Crippen LogP contribution in [0.25, 0.3) is 0 Å². The maximum atomic E-state index is 15.5. The second-order valence-electron chi connectivity index (χ2n) is 9.79. The van der Waals surface area contributed by atoms with Crippen LogP contribution in [0.3, 0.4) is 0 Å². The monoisotopic (exact) mass is 494 g/mol. The van der Waals surface area contributed by atoms with Crippen LogP contribution in [0.1, 0.15) is 61.5 Å². The van der Waals surface area contributed by atoms with E-state index in [9.17, 15) is 13.6 Å². The summed E-state index contributed by atoms with van der Waals surface area (Å²) < 4.78 is 50.3. The Labute approximate surface area is 203 Å². The lowest BCUT2D eigenvalue weighted by Gasteiger charge is -2.35. The van der Waals surface area contributed by atoms with Gasteiger partial charge in [0.25, 0.3) is 6.43 Å². The first kappa shape index (κ1) is 25.6. The predicted molar refractivity (Wildman–Crippen MR) is 122 cm³/mol. The molecule has 4 rings (SSSR count). The summed E-state index contributed by atoms with van der Waals surface area (Å²) in [6.07, 6.45) is 2.41. The van der Waals surface area contributed by atoms with Gasteiger partial charge in [0, 0.05) is 51.2 Å². The quantitative estimate of drug-likeness (QED) is 0.487. The van der Waals surface area contributed by atoms with Gasteiger partial charge in [-0.1, -0.05) is 11.2 Å². The van der Waals surface area contributed by atoms with Crippen LogP contribution in [0.4, 0.5) is 13.2 Å². The van der Waals surface area contributed by atoms with Crippen LogP contribution in [-0.4, -0.2) is 64.1 Å². The lowest BCUT2D eigenvalue weighted by atomic mass is 9.76. The van der Waals surface area contributed by atoms with Crippen molar-refractivity contribution in [2.45, 2.75) is 76.8 Å². The molecule has 0 spiro atoms. The third-order valence-electron chi connectivity index (χ3n) is 7.08. The normalized spacial score (nSPS) is 23.2. The number of rotatable bonds is 10. The summed E-state index contributed by atoms with van der Waals surface area (Å²) in [5, 5.41) is 3.77. The molecule has 35 heavy (non-hydrogen) atoms. The highest BCUT2D eigenvalue weighted by Gasteiger charge is 2.36. The minimum atomic E-state index is -2.53. The number of ether oxygens (including phenoxy) is 1. The maximum absolute atomic E-state index is 15.5. The van der Waals surface area contributed by atoms with Crippen molar-refractivity contribution in [3.05, 3.63) is 35.1 Å². The fourth-order valence-electron chi connectivity index (χ4n) is 5.05. The summed E-state index contributed by atoms with van der Waals surface area (Å²) in [7, 11) is 0. The van der Waals surface area contributed by atoms with Gasteiger partial charge in [0.15, 0.2) is 12.4 Å². The van der Waals surface area contributed by atoms with Crippen molar-refractivity contribution in [3.63, 3.8) is 0 Å². The summed E-state index contributed by atoms with van der Waals surface area (Å²) in [6, 6.07) is 3.53. The third kappa shape index (κ3) is 7.49. The van der Waals surface area contributed by atoms with Gasteiger partial charge in [-0.2, -0.15) is 4.98 Å². The van der Waals surface area contributed by atoms with E-state index < -0.39 is 18.7 Å². The summed E-state index contributed by atoms with van der Waals surface area (Å²) in [4.78, 5) is 23.1. The van der Waals surface area contributed by atoms with Gasteiger partial charge in [0.2, 0.25) is 11.8 Å². The first-order valence-electron chi connectivity index (χ1n) is 12.4. The number of nitrogens with zero attached hydrogens (tertiary/aromatic N) is 4. The van der Waals surface area contributed by atoms with Crippen molar-refractivity contribution in [2.24, 2.45) is 5.92 Å². The van der Waals surface area contributed by atoms with E-state index in [0.29, 0.717) is 63.2 Å². The van der Waals surface area contributed by atoms with Gasteiger partial charge >= 0.3 is 0 Å². The topological polar surface area (TPSA) is 81.4 Å². The Morgan fingerprint density at radius 2 is 2.00 bits per heavy atom. The number of carbonyl (C=O) groups is 1. The lowest BCUT2D eigenvalue weighted by molar-refractivity contribution is -0.120. The fourth-order valence-corrected chi connectivity index (χ4v) is 5.05. The molecule has 0 aromatic carbocycles. The molecule has 3 heterocycles. The zero-order valence-corrected chi connectivity index (χ0v) is 20.1. The summed E-state index contributed by atoms with van der Waals surface area (Å²) >= 11 is 0. The average Bonchev–Trinajstić information content (AvgIpc) is 3.12. The SMILES string of the molecule is Cc1nc(CC(=O)CC2CCC(F)(CCN3CCc4ccc(OCC(F)F)nc4CC3)CC2)no1. The molecule has 0 amide bonds. The molecule has 2 aliphatic rings. The molecule has 2 aromatic rings. The first-order chi connectivity index (χ1) is 16.8. The molecule has 192 valence electrons. The van der Waals surface area contributed by atoms with Gasteiger partial charge in [0.05, 0.1) is 6.42 Å². The molecule has 0 radical (unpaired) electrons. The molecule has 0 saturated heterocycles. The van der Waals surface area contributed by atoms with Crippen molar-refractivity contribution in [1.29, 1.82) is 0 Å². The molecular formula is C25H33F3N4O3. The standard InChI is InChI=1S/C25H33F3N4O3/c1-17-29-23(31-35-17)15-20(33)14-18-4-8-25(28,9-5-18)10-13-32-11-6-19-2-3-24(34-16-22(26)27)30-21(19)7-12-32/h2-3,18,22H,4-16H2,1H3. The van der Waals surface area contributed by atoms with Crippen molar-refractivity contribution in [2.75, 3.05) is 26.2 Å². The molecule has 7 nitrogen and oxygen atoms in total. The fraction of sp³-hybridized carbons (Fsp3) is 0.680. The van der Waals surface area contributed by atoms with Gasteiger partial charge in [-0.05, 0) is 50.0 Å². The number of ketones is 1. The molecule has 1 aliphatic heterocycles. The van der Waals surface area contributed by atoms with E-state index in [2.05, 4.69) is 20.0 Å². The van der Waals surface area contributed by atoms with Crippen LogP contribution in [-0.2, 0) is 24.1 Å². The highest BCUT2D eigenvalue weighted by Crippen LogP contribution is 2.39. The Bertz CT molecular complexity index is 992. The summed E-state index contributed by atoms with van der Waals surface area (Å²) in [6.45, 7) is 3.26. The van der Waals surface area contributed by atoms with E-state index in [1.165, 1.54) is 0 Å². The molecule has 2 aromatic heterocycles. The van der Waals surface area contributed by atoms with E-state index in [1.54, 1.807) is 13.0 Å². The average molecular weight is 495 g/mol. The number of carbonyl (C=O) groups excluding carboxylic acids is 1. The Kier molecular flexibility index (Phi) is 8.41. The van der Waals surface area contributed by atoms with Crippen LogP contribution in [0, 0.1) is 12.8 Å². The van der Waals surface area contributed by atoms with E-state index >= 15 is 4.39 Å². The van der Waals surface area contributed by atoms with E-state index in [1.807, 2.05) is 6.07 Å². The highest BCUT2D eigenvalue weighted by molar-refractivity contribution is 5.80. The Morgan fingerprint density at radius 3 is 2.71 bits per heavy atom. The lowest BCUT2D eigenvalue weighted by Crippen LogP contribution is -2.36. The smallest absolute Gasteiger partial charge is 0.272 e. The minimum absolute atomic E-state index is 0.0719. The number of hydrogen-bond acceptors (Lipinski definition) is 7. The second kappa shape index (κ2) is 11.5. The largest absolute Gasteiger partial charge is 0.472 e. The molecule has 1 saturated carbocycles. The zero-order valence-electron chi connectivity index (χ0n) is 20.1. The van der Waals surface area contributed by atoms with Crippen LogP contribution in [0.15, 0.2) is 16.7 Å². The van der Waals surface area contributed by atoms with E-state index in [4.69, 9.17) is 9.26 Å². The molecule has 10 heteroatoms. The number of Topliss-reactive ketones (excluding diaryl/α,β-unsaturated/α-hetero) is 1. The van der Waals surface area contributed by atoms with Gasteiger partial charge in [-0.3, -0.25) is 4.79 Å². The number of aryl methyl sites for hydroxylation is 1. The van der Waals surface area contributed by atoms with Crippen LogP contribution < -0.4 is 4.74 Å². The molecule has 0 bridgehead atoms. The molecule has 1 aliphatic carbocycles. The number of pyridine rings is 1. The molecule has 0 atom stereocenters. The van der Waals surface area contributed by atoms with Gasteiger partial charge in [0.1, 0.15) is 11.5 Å². The van der Waals surface area contributed by atoms with Crippen molar-refractivity contribution in [1.82, 2.24) is 20.0 Å². The number of hydrogen-bond donors (Lipinski definition) is 0. The molecule has 0 unspecified atom stereocenters. The van der Waals surface area contributed by atoms with Gasteiger partial charge in [-0.15, -0.1) is 0 Å². The van der Waals surface area contributed by atoms with Crippen molar-refractivity contribution in [3.8, 4) is 5.88 Å². The predicted octanol–water partition coefficient (Wildman–Crippen LogP) is 4.31. The van der Waals surface area contributed by atoms with Crippen molar-refractivity contribution < 1.29 is 27.2 Å². The second-order valence-corrected chi connectivity index (χ2v) is 9.79. The Hall–Kier alpha value is -2.49. The Balaban J connectivity index is 1.19. The highest BCUT2D eigenvalue weighted by atomic mass is 19.3. The van der Waals surface area contributed by atoms with Gasteiger partial charge < -0.3 is 14.2 Å². The number of halogens is 3. The zero-order chi connectivity index (χ0) is 24.8. The Morgan fingerprint density at radius 1 is 1.23 bits per heavy atom. The van der Waals surface area contributed by atoms with Crippen LogP contribution in [0.5, 0.6) is 5.88 Å². The maximum Gasteiger partial charge on any atom is 0.272 e. The van der Waals surface area contributed by atoms with Crippen molar-refractivity contribution >= 4 is 5.78 Å². The van der Waals surface area contributed by atoms with E-state index in [-0.39, 0.29) is 24.0 Å². The number of aromatic nitrogens is 3. The molecular weight excluding hydrogens is 461 g/mol. The summed E-state index contributed by atoms with van der Waals surface area (Å²) in [5.74, 6) is 1.36. The minimum Gasteiger partial charge on any atom is -0.472 e. The summed E-state index contributed by atoms with van der Waals surface area (Å²) in [5.41, 5.74) is 0.765. The number of alkyl halides is 3. The molecule has 0 N–H and O–H groups in total. The van der Waals surface area contributed by atoms with Crippen LogP contribution in [0.2, 0.25) is 0 Å². The van der Waals surface area contributed by atoms with Gasteiger partial charge in [-0.25, -0.2) is 18.2 Å². The molecule has 1 fully saturated rings. The third-order valence-corrected chi connectivity index (χ3v) is 7.08. The van der Waals surface area contributed by atoms with Crippen LogP contribution >= 0.6 is 0 Å². The number of fused-ring (bicyclic) bond motifs is 1. The van der Waals surface area contributed by atoms with E-state index in [0.717, 1.165) is 30.8 Å².